The third-order valence-electron chi connectivity index (χ3n) is 5.98. The molecule has 5 heteroatoms. The van der Waals surface area contributed by atoms with Gasteiger partial charge in [0.1, 0.15) is 0 Å². The maximum absolute atomic E-state index is 12.9. The van der Waals surface area contributed by atoms with Crippen LogP contribution in [0.25, 0.3) is 10.9 Å². The van der Waals surface area contributed by atoms with E-state index in [0.29, 0.717) is 11.6 Å². The summed E-state index contributed by atoms with van der Waals surface area (Å²) in [7, 11) is 0. The summed E-state index contributed by atoms with van der Waals surface area (Å²) in [5.74, 6) is 0.350. The number of fused-ring (bicyclic) bond motifs is 1. The number of hydrogen-bond acceptors (Lipinski definition) is 3. The van der Waals surface area contributed by atoms with Crippen molar-refractivity contribution in [1.82, 2.24) is 20.4 Å². The molecule has 0 radical (unpaired) electrons. The highest BCUT2D eigenvalue weighted by atomic mass is 16.2. The molecule has 2 N–H and O–H groups in total. The largest absolute Gasteiger partial charge is 0.345 e. The molecule has 5 nitrogen and oxygen atoms in total. The van der Waals surface area contributed by atoms with Gasteiger partial charge in [0.25, 0.3) is 5.91 Å². The number of carbonyl (C=O) groups is 1. The SMILES string of the molecule is CC(C)(NC(=O)c1n[nH]c2ccccc12)C1CCN(Cc2ccccc2)CC1. The Morgan fingerprint density at radius 2 is 1.79 bits per heavy atom. The molecule has 1 aliphatic heterocycles. The van der Waals surface area contributed by atoms with Gasteiger partial charge in [0.2, 0.25) is 0 Å². The van der Waals surface area contributed by atoms with E-state index in [1.165, 1.54) is 5.56 Å². The Balaban J connectivity index is 1.37. The fourth-order valence-corrected chi connectivity index (χ4v) is 4.24. The second-order valence-electron chi connectivity index (χ2n) is 8.33. The number of likely N-dealkylation sites (tertiary alicyclic amines) is 1. The van der Waals surface area contributed by atoms with Crippen LogP contribution in [0.1, 0.15) is 42.7 Å². The highest BCUT2D eigenvalue weighted by Gasteiger charge is 2.34. The summed E-state index contributed by atoms with van der Waals surface area (Å²) in [5, 5.41) is 11.3. The Hall–Kier alpha value is -2.66. The van der Waals surface area contributed by atoms with E-state index in [2.05, 4.69) is 64.6 Å². The molecule has 2 aromatic carbocycles. The van der Waals surface area contributed by atoms with E-state index in [4.69, 9.17) is 0 Å². The molecule has 3 aromatic rings. The molecule has 1 aromatic heterocycles. The van der Waals surface area contributed by atoms with Crippen LogP contribution in [0.3, 0.4) is 0 Å². The molecule has 0 bridgehead atoms. The van der Waals surface area contributed by atoms with Crippen molar-refractivity contribution in [1.29, 1.82) is 0 Å². The van der Waals surface area contributed by atoms with Gasteiger partial charge in [0.15, 0.2) is 5.69 Å². The van der Waals surface area contributed by atoms with Crippen LogP contribution in [0.15, 0.2) is 54.6 Å². The van der Waals surface area contributed by atoms with Crippen LogP contribution >= 0.6 is 0 Å². The van der Waals surface area contributed by atoms with Crippen molar-refractivity contribution >= 4 is 16.8 Å². The zero-order valence-electron chi connectivity index (χ0n) is 16.6. The number of benzene rings is 2. The summed E-state index contributed by atoms with van der Waals surface area (Å²) in [4.78, 5) is 15.4. The summed E-state index contributed by atoms with van der Waals surface area (Å²) >= 11 is 0. The molecule has 0 unspecified atom stereocenters. The van der Waals surface area contributed by atoms with Crippen molar-refractivity contribution in [3.8, 4) is 0 Å². The first kappa shape index (κ1) is 18.7. The van der Waals surface area contributed by atoms with Gasteiger partial charge in [0.05, 0.1) is 5.52 Å². The number of para-hydroxylation sites is 1. The van der Waals surface area contributed by atoms with Crippen LogP contribution in [0, 0.1) is 5.92 Å². The fraction of sp³-hybridized carbons (Fsp3) is 0.391. The first-order chi connectivity index (χ1) is 13.5. The molecular weight excluding hydrogens is 348 g/mol. The lowest BCUT2D eigenvalue weighted by Gasteiger charge is -2.41. The summed E-state index contributed by atoms with van der Waals surface area (Å²) in [6, 6.07) is 18.4. The lowest BCUT2D eigenvalue weighted by molar-refractivity contribution is 0.0800. The lowest BCUT2D eigenvalue weighted by atomic mass is 9.80. The predicted octanol–water partition coefficient (Wildman–Crippen LogP) is 3.98. The number of piperidine rings is 1. The Bertz CT molecular complexity index is 939. The maximum Gasteiger partial charge on any atom is 0.272 e. The van der Waals surface area contributed by atoms with Gasteiger partial charge in [-0.15, -0.1) is 0 Å². The minimum atomic E-state index is -0.268. The number of nitrogens with one attached hydrogen (secondary N) is 2. The van der Waals surface area contributed by atoms with Crippen molar-refractivity contribution in [2.75, 3.05) is 13.1 Å². The van der Waals surface area contributed by atoms with Gasteiger partial charge in [0, 0.05) is 17.5 Å². The normalized spacial score (nSPS) is 16.4. The molecule has 0 atom stereocenters. The monoisotopic (exact) mass is 376 g/mol. The minimum absolute atomic E-state index is 0.103. The number of rotatable bonds is 5. The third kappa shape index (κ3) is 3.94. The van der Waals surface area contributed by atoms with E-state index < -0.39 is 0 Å². The Labute approximate surface area is 166 Å². The number of carbonyl (C=O) groups excluding carboxylic acids is 1. The van der Waals surface area contributed by atoms with Gasteiger partial charge in [-0.2, -0.15) is 5.10 Å². The van der Waals surface area contributed by atoms with E-state index >= 15 is 0 Å². The van der Waals surface area contributed by atoms with E-state index in [9.17, 15) is 4.79 Å². The van der Waals surface area contributed by atoms with Gasteiger partial charge in [-0.1, -0.05) is 48.5 Å². The van der Waals surface area contributed by atoms with Crippen LogP contribution in [0.4, 0.5) is 0 Å². The van der Waals surface area contributed by atoms with Gasteiger partial charge >= 0.3 is 0 Å². The third-order valence-corrected chi connectivity index (χ3v) is 5.98. The fourth-order valence-electron chi connectivity index (χ4n) is 4.24. The molecule has 1 fully saturated rings. The molecule has 1 amide bonds. The molecule has 0 spiro atoms. The number of hydrogen-bond donors (Lipinski definition) is 2. The average Bonchev–Trinajstić information content (AvgIpc) is 3.13. The highest BCUT2D eigenvalue weighted by Crippen LogP contribution is 2.29. The topological polar surface area (TPSA) is 61.0 Å². The van der Waals surface area contributed by atoms with Crippen molar-refractivity contribution in [2.24, 2.45) is 5.92 Å². The Morgan fingerprint density at radius 1 is 1.11 bits per heavy atom. The quantitative estimate of drug-likeness (QED) is 0.708. The molecule has 1 saturated heterocycles. The van der Waals surface area contributed by atoms with Crippen LogP contribution in [-0.2, 0) is 6.54 Å². The van der Waals surface area contributed by atoms with E-state index in [-0.39, 0.29) is 11.4 Å². The summed E-state index contributed by atoms with van der Waals surface area (Å²) < 4.78 is 0. The summed E-state index contributed by atoms with van der Waals surface area (Å²) in [6.07, 6.45) is 2.17. The first-order valence-electron chi connectivity index (χ1n) is 10.0. The van der Waals surface area contributed by atoms with Gasteiger partial charge in [-0.3, -0.25) is 14.8 Å². The maximum atomic E-state index is 12.9. The van der Waals surface area contributed by atoms with Crippen molar-refractivity contribution in [3.63, 3.8) is 0 Å². The van der Waals surface area contributed by atoms with E-state index in [1.54, 1.807) is 0 Å². The van der Waals surface area contributed by atoms with Crippen molar-refractivity contribution in [2.45, 2.75) is 38.8 Å². The second kappa shape index (κ2) is 7.76. The molecule has 28 heavy (non-hydrogen) atoms. The van der Waals surface area contributed by atoms with Gasteiger partial charge in [-0.05, 0) is 57.3 Å². The molecule has 1 aliphatic rings. The van der Waals surface area contributed by atoms with Gasteiger partial charge < -0.3 is 5.32 Å². The van der Waals surface area contributed by atoms with Gasteiger partial charge in [-0.25, -0.2) is 0 Å². The zero-order valence-corrected chi connectivity index (χ0v) is 16.6. The summed E-state index contributed by atoms with van der Waals surface area (Å²) in [6.45, 7) is 7.39. The zero-order chi connectivity index (χ0) is 19.6. The van der Waals surface area contributed by atoms with Crippen LogP contribution in [0.2, 0.25) is 0 Å². The molecular formula is C23H28N4O. The number of nitrogens with zero attached hydrogens (tertiary/aromatic N) is 2. The predicted molar refractivity (Wildman–Crippen MR) is 112 cm³/mol. The minimum Gasteiger partial charge on any atom is -0.345 e. The van der Waals surface area contributed by atoms with Crippen molar-refractivity contribution in [3.05, 3.63) is 65.9 Å². The number of aromatic amines is 1. The second-order valence-corrected chi connectivity index (χ2v) is 8.33. The standard InChI is InChI=1S/C23H28N4O/c1-23(2,24-22(28)21-19-10-6-7-11-20(19)25-26-21)18-12-14-27(15-13-18)16-17-8-4-3-5-9-17/h3-11,18H,12-16H2,1-2H3,(H,24,28)(H,25,26). The summed E-state index contributed by atoms with van der Waals surface area (Å²) in [5.41, 5.74) is 2.46. The number of aromatic nitrogens is 2. The molecule has 4 rings (SSSR count). The van der Waals surface area contributed by atoms with Crippen LogP contribution in [-0.4, -0.2) is 39.6 Å². The van der Waals surface area contributed by atoms with E-state index in [0.717, 1.165) is 43.4 Å². The molecule has 146 valence electrons. The molecule has 0 saturated carbocycles. The van der Waals surface area contributed by atoms with Crippen LogP contribution < -0.4 is 5.32 Å². The number of amides is 1. The first-order valence-corrected chi connectivity index (χ1v) is 10.0. The Morgan fingerprint density at radius 3 is 2.54 bits per heavy atom. The van der Waals surface area contributed by atoms with Crippen LogP contribution in [0.5, 0.6) is 0 Å². The van der Waals surface area contributed by atoms with Crippen molar-refractivity contribution < 1.29 is 4.79 Å². The highest BCUT2D eigenvalue weighted by molar-refractivity contribution is 6.04. The smallest absolute Gasteiger partial charge is 0.272 e. The molecule has 2 heterocycles. The Kier molecular flexibility index (Phi) is 5.18. The molecule has 0 aliphatic carbocycles. The number of H-pyrrole nitrogens is 1. The van der Waals surface area contributed by atoms with E-state index in [1.807, 2.05) is 24.3 Å². The lowest BCUT2D eigenvalue weighted by Crippen LogP contribution is -2.52. The average molecular weight is 377 g/mol.